The van der Waals surface area contributed by atoms with Crippen molar-refractivity contribution in [3.8, 4) is 11.1 Å². The smallest absolute Gasteiger partial charge is 0.0162 e. The van der Waals surface area contributed by atoms with E-state index in [9.17, 15) is 0 Å². The average Bonchev–Trinajstić information content (AvgIpc) is 2.89. The Hall–Kier alpha value is -1.56. The van der Waals surface area contributed by atoms with Gasteiger partial charge < -0.3 is 0 Å². The first-order valence-electron chi connectivity index (χ1n) is 15.0. The van der Waals surface area contributed by atoms with Gasteiger partial charge in [0.15, 0.2) is 0 Å². The molecule has 1 aliphatic rings. The summed E-state index contributed by atoms with van der Waals surface area (Å²) in [6.07, 6.45) is 25.4. The first-order valence-corrected chi connectivity index (χ1v) is 15.0. The van der Waals surface area contributed by atoms with Gasteiger partial charge in [-0.2, -0.15) is 0 Å². The van der Waals surface area contributed by atoms with E-state index in [4.69, 9.17) is 0 Å². The van der Waals surface area contributed by atoms with E-state index in [1.807, 2.05) is 0 Å². The predicted octanol–water partition coefficient (Wildman–Crippen LogP) is 11.3. The molecule has 0 aliphatic heterocycles. The van der Waals surface area contributed by atoms with Crippen LogP contribution in [0.5, 0.6) is 0 Å². The molecule has 2 aromatic rings. The Balaban J connectivity index is 1.32. The highest BCUT2D eigenvalue weighted by atomic mass is 14.3. The van der Waals surface area contributed by atoms with Gasteiger partial charge in [0.05, 0.1) is 0 Å². The fraction of sp³-hybridized carbons (Fsp3) is 0.647. The third kappa shape index (κ3) is 9.59. The van der Waals surface area contributed by atoms with E-state index in [2.05, 4.69) is 62.4 Å². The van der Waals surface area contributed by atoms with Crippen molar-refractivity contribution < 1.29 is 0 Å². The Kier molecular flexibility index (Phi) is 12.9. The molecule has 3 rings (SSSR count). The standard InChI is InChI=1S/C34H52/c1-3-5-7-8-9-10-11-12-14-16-30-19-23-32(24-20-30)34-27-25-33(26-28-34)31-21-17-29(18-22-31)15-13-6-4-2/h17-18,21-22,25-28,30,32H,3-16,19-20,23-24H2,1-2H3. The fourth-order valence-corrected chi connectivity index (χ4v) is 5.92. The molecule has 0 unspecified atom stereocenters. The summed E-state index contributed by atoms with van der Waals surface area (Å²) in [6, 6.07) is 18.8. The first-order chi connectivity index (χ1) is 16.8. The molecule has 0 radical (unpaired) electrons. The summed E-state index contributed by atoms with van der Waals surface area (Å²) in [5.74, 6) is 1.78. The average molecular weight is 461 g/mol. The van der Waals surface area contributed by atoms with Gasteiger partial charge in [-0.3, -0.25) is 0 Å². The molecule has 1 aliphatic carbocycles. The Morgan fingerprint density at radius 1 is 0.529 bits per heavy atom. The first kappa shape index (κ1) is 27.0. The Morgan fingerprint density at radius 3 is 1.62 bits per heavy atom. The van der Waals surface area contributed by atoms with Gasteiger partial charge in [0, 0.05) is 0 Å². The van der Waals surface area contributed by atoms with E-state index in [1.165, 1.54) is 132 Å². The van der Waals surface area contributed by atoms with Crippen molar-refractivity contribution in [2.24, 2.45) is 5.92 Å². The van der Waals surface area contributed by atoms with Crippen LogP contribution in [0, 0.1) is 5.92 Å². The highest BCUT2D eigenvalue weighted by Crippen LogP contribution is 2.38. The van der Waals surface area contributed by atoms with Gasteiger partial charge in [-0.05, 0) is 72.6 Å². The number of hydrogen-bond donors (Lipinski definition) is 0. The van der Waals surface area contributed by atoms with Crippen molar-refractivity contribution in [2.75, 3.05) is 0 Å². The number of aryl methyl sites for hydroxylation is 1. The maximum atomic E-state index is 2.41. The van der Waals surface area contributed by atoms with Crippen LogP contribution in [-0.4, -0.2) is 0 Å². The number of unbranched alkanes of at least 4 members (excludes halogenated alkanes) is 10. The topological polar surface area (TPSA) is 0 Å². The van der Waals surface area contributed by atoms with Crippen molar-refractivity contribution in [3.63, 3.8) is 0 Å². The zero-order chi connectivity index (χ0) is 23.8. The maximum Gasteiger partial charge on any atom is -0.0162 e. The van der Waals surface area contributed by atoms with Crippen LogP contribution in [0.25, 0.3) is 11.1 Å². The third-order valence-electron chi connectivity index (χ3n) is 8.30. The van der Waals surface area contributed by atoms with E-state index < -0.39 is 0 Å². The lowest BCUT2D eigenvalue weighted by molar-refractivity contribution is 0.302. The normalized spacial score (nSPS) is 18.3. The molecule has 0 bridgehead atoms. The van der Waals surface area contributed by atoms with Crippen LogP contribution >= 0.6 is 0 Å². The molecule has 0 heterocycles. The third-order valence-corrected chi connectivity index (χ3v) is 8.30. The number of rotatable bonds is 16. The largest absolute Gasteiger partial charge is 0.0654 e. The highest BCUT2D eigenvalue weighted by Gasteiger charge is 2.22. The zero-order valence-corrected chi connectivity index (χ0v) is 22.5. The van der Waals surface area contributed by atoms with E-state index in [1.54, 1.807) is 5.56 Å². The van der Waals surface area contributed by atoms with Gasteiger partial charge in [-0.1, -0.05) is 139 Å². The van der Waals surface area contributed by atoms with Crippen molar-refractivity contribution in [3.05, 3.63) is 59.7 Å². The van der Waals surface area contributed by atoms with Gasteiger partial charge in [-0.15, -0.1) is 0 Å². The van der Waals surface area contributed by atoms with Crippen LogP contribution in [-0.2, 0) is 6.42 Å². The fourth-order valence-electron chi connectivity index (χ4n) is 5.92. The number of benzene rings is 2. The van der Waals surface area contributed by atoms with Crippen LogP contribution in [0.1, 0.15) is 140 Å². The van der Waals surface area contributed by atoms with Gasteiger partial charge in [0.2, 0.25) is 0 Å². The summed E-state index contributed by atoms with van der Waals surface area (Å²) in [5.41, 5.74) is 5.77. The van der Waals surface area contributed by atoms with Crippen molar-refractivity contribution >= 4 is 0 Å². The lowest BCUT2D eigenvalue weighted by atomic mass is 9.77. The van der Waals surface area contributed by atoms with E-state index in [0.29, 0.717) is 0 Å². The molecule has 1 saturated carbocycles. The van der Waals surface area contributed by atoms with E-state index in [0.717, 1.165) is 11.8 Å². The summed E-state index contributed by atoms with van der Waals surface area (Å²) in [6.45, 7) is 4.58. The maximum absolute atomic E-state index is 2.41. The molecule has 0 atom stereocenters. The molecule has 0 nitrogen and oxygen atoms in total. The Bertz CT molecular complexity index is 746. The monoisotopic (exact) mass is 460 g/mol. The molecule has 0 aromatic heterocycles. The minimum atomic E-state index is 0.786. The molecule has 2 aromatic carbocycles. The molecule has 0 N–H and O–H groups in total. The van der Waals surface area contributed by atoms with Crippen LogP contribution in [0.2, 0.25) is 0 Å². The van der Waals surface area contributed by atoms with Gasteiger partial charge in [-0.25, -0.2) is 0 Å². The minimum Gasteiger partial charge on any atom is -0.0654 e. The second-order valence-corrected chi connectivity index (χ2v) is 11.1. The van der Waals surface area contributed by atoms with Crippen molar-refractivity contribution in [1.29, 1.82) is 0 Å². The lowest BCUT2D eigenvalue weighted by Crippen LogP contribution is -2.13. The molecule has 0 amide bonds. The molecule has 34 heavy (non-hydrogen) atoms. The van der Waals surface area contributed by atoms with Gasteiger partial charge in [0.25, 0.3) is 0 Å². The number of hydrogen-bond acceptors (Lipinski definition) is 0. The van der Waals surface area contributed by atoms with Gasteiger partial charge in [0.1, 0.15) is 0 Å². The van der Waals surface area contributed by atoms with Crippen LogP contribution in [0.15, 0.2) is 48.5 Å². The molecular weight excluding hydrogens is 408 g/mol. The lowest BCUT2D eigenvalue weighted by Gasteiger charge is -2.29. The van der Waals surface area contributed by atoms with E-state index >= 15 is 0 Å². The SMILES string of the molecule is CCCCCCCCCCCC1CCC(c2ccc(-c3ccc(CCCCC)cc3)cc2)CC1. The summed E-state index contributed by atoms with van der Waals surface area (Å²) < 4.78 is 0. The minimum absolute atomic E-state index is 0.786. The summed E-state index contributed by atoms with van der Waals surface area (Å²) >= 11 is 0. The summed E-state index contributed by atoms with van der Waals surface area (Å²) in [4.78, 5) is 0. The Labute approximate surface area is 212 Å². The molecule has 0 spiro atoms. The van der Waals surface area contributed by atoms with Crippen LogP contribution in [0.3, 0.4) is 0 Å². The predicted molar refractivity (Wildman–Crippen MR) is 152 cm³/mol. The summed E-state index contributed by atoms with van der Waals surface area (Å²) in [5, 5.41) is 0. The van der Waals surface area contributed by atoms with Crippen molar-refractivity contribution in [1.82, 2.24) is 0 Å². The van der Waals surface area contributed by atoms with Gasteiger partial charge >= 0.3 is 0 Å². The van der Waals surface area contributed by atoms with Crippen LogP contribution in [0.4, 0.5) is 0 Å². The van der Waals surface area contributed by atoms with E-state index in [-0.39, 0.29) is 0 Å². The Morgan fingerprint density at radius 2 is 1.03 bits per heavy atom. The second kappa shape index (κ2) is 16.2. The molecular formula is C34H52. The molecule has 0 heteroatoms. The molecule has 188 valence electrons. The van der Waals surface area contributed by atoms with Crippen LogP contribution < -0.4 is 0 Å². The zero-order valence-electron chi connectivity index (χ0n) is 22.5. The summed E-state index contributed by atoms with van der Waals surface area (Å²) in [7, 11) is 0. The van der Waals surface area contributed by atoms with Crippen molar-refractivity contribution in [2.45, 2.75) is 135 Å². The molecule has 1 fully saturated rings. The quantitative estimate of drug-likeness (QED) is 0.218. The molecule has 0 saturated heterocycles. The highest BCUT2D eigenvalue weighted by molar-refractivity contribution is 5.64. The second-order valence-electron chi connectivity index (χ2n) is 11.1.